The zero-order valence-corrected chi connectivity index (χ0v) is 7.83. The SMILES string of the molecule is Cc1ccc(C(O)(CN)CN)cc1. The average molecular weight is 180 g/mol. The zero-order chi connectivity index (χ0) is 9.90. The molecular formula is C10H16N2O. The van der Waals surface area contributed by atoms with E-state index in [1.807, 2.05) is 31.2 Å². The van der Waals surface area contributed by atoms with Crippen LogP contribution in [0.15, 0.2) is 24.3 Å². The first kappa shape index (κ1) is 10.2. The lowest BCUT2D eigenvalue weighted by Crippen LogP contribution is -2.41. The third kappa shape index (κ3) is 2.06. The number of aryl methyl sites for hydroxylation is 1. The van der Waals surface area contributed by atoms with E-state index in [4.69, 9.17) is 11.5 Å². The Bertz CT molecular complexity index is 265. The van der Waals surface area contributed by atoms with Crippen molar-refractivity contribution in [3.05, 3.63) is 35.4 Å². The molecule has 0 fully saturated rings. The van der Waals surface area contributed by atoms with E-state index in [9.17, 15) is 5.11 Å². The van der Waals surface area contributed by atoms with Crippen LogP contribution in [0.5, 0.6) is 0 Å². The summed E-state index contributed by atoms with van der Waals surface area (Å²) in [5.41, 5.74) is 11.8. The molecule has 1 aromatic rings. The van der Waals surface area contributed by atoms with Crippen LogP contribution in [-0.2, 0) is 5.60 Å². The molecule has 0 aliphatic rings. The van der Waals surface area contributed by atoms with E-state index < -0.39 is 5.60 Å². The van der Waals surface area contributed by atoms with Gasteiger partial charge >= 0.3 is 0 Å². The fourth-order valence-corrected chi connectivity index (χ4v) is 1.18. The molecule has 0 aliphatic heterocycles. The Morgan fingerprint density at radius 1 is 1.15 bits per heavy atom. The smallest absolute Gasteiger partial charge is 0.114 e. The highest BCUT2D eigenvalue weighted by molar-refractivity contribution is 5.27. The van der Waals surface area contributed by atoms with Crippen molar-refractivity contribution in [3.63, 3.8) is 0 Å². The lowest BCUT2D eigenvalue weighted by Gasteiger charge is -2.25. The first-order valence-corrected chi connectivity index (χ1v) is 4.32. The monoisotopic (exact) mass is 180 g/mol. The summed E-state index contributed by atoms with van der Waals surface area (Å²) >= 11 is 0. The second-order valence-corrected chi connectivity index (χ2v) is 3.31. The van der Waals surface area contributed by atoms with E-state index in [1.165, 1.54) is 0 Å². The van der Waals surface area contributed by atoms with Crippen LogP contribution in [0.1, 0.15) is 11.1 Å². The van der Waals surface area contributed by atoms with Gasteiger partial charge in [0, 0.05) is 13.1 Å². The minimum Gasteiger partial charge on any atom is -0.383 e. The van der Waals surface area contributed by atoms with Crippen LogP contribution in [0.4, 0.5) is 0 Å². The molecule has 0 aliphatic carbocycles. The molecular weight excluding hydrogens is 164 g/mol. The molecule has 5 N–H and O–H groups in total. The predicted octanol–water partition coefficient (Wildman–Crippen LogP) is 0.100. The van der Waals surface area contributed by atoms with E-state index in [0.29, 0.717) is 0 Å². The Morgan fingerprint density at radius 3 is 2.00 bits per heavy atom. The first-order valence-electron chi connectivity index (χ1n) is 4.32. The fourth-order valence-electron chi connectivity index (χ4n) is 1.18. The van der Waals surface area contributed by atoms with Gasteiger partial charge in [-0.15, -0.1) is 0 Å². The summed E-state index contributed by atoms with van der Waals surface area (Å²) in [7, 11) is 0. The highest BCUT2D eigenvalue weighted by Gasteiger charge is 2.25. The van der Waals surface area contributed by atoms with E-state index in [-0.39, 0.29) is 13.1 Å². The maximum Gasteiger partial charge on any atom is 0.114 e. The van der Waals surface area contributed by atoms with Crippen molar-refractivity contribution in [2.75, 3.05) is 13.1 Å². The molecule has 72 valence electrons. The molecule has 1 aromatic carbocycles. The molecule has 0 atom stereocenters. The third-order valence-corrected chi connectivity index (χ3v) is 2.26. The van der Waals surface area contributed by atoms with Gasteiger partial charge < -0.3 is 16.6 Å². The summed E-state index contributed by atoms with van der Waals surface area (Å²) < 4.78 is 0. The molecule has 0 bridgehead atoms. The Hall–Kier alpha value is -0.900. The highest BCUT2D eigenvalue weighted by Crippen LogP contribution is 2.18. The molecule has 0 saturated heterocycles. The van der Waals surface area contributed by atoms with Gasteiger partial charge in [0.2, 0.25) is 0 Å². The quantitative estimate of drug-likeness (QED) is 0.617. The zero-order valence-electron chi connectivity index (χ0n) is 7.83. The summed E-state index contributed by atoms with van der Waals surface area (Å²) in [5.74, 6) is 0. The second kappa shape index (κ2) is 3.87. The van der Waals surface area contributed by atoms with Gasteiger partial charge in [-0.25, -0.2) is 0 Å². The topological polar surface area (TPSA) is 72.3 Å². The maximum absolute atomic E-state index is 9.94. The Balaban J connectivity index is 2.99. The normalized spacial score (nSPS) is 11.7. The van der Waals surface area contributed by atoms with Gasteiger partial charge in [-0.1, -0.05) is 29.8 Å². The lowest BCUT2D eigenvalue weighted by molar-refractivity contribution is 0.0554. The Labute approximate surface area is 78.4 Å². The van der Waals surface area contributed by atoms with Crippen LogP contribution >= 0.6 is 0 Å². The number of hydrogen-bond donors (Lipinski definition) is 3. The van der Waals surface area contributed by atoms with Crippen LogP contribution < -0.4 is 11.5 Å². The third-order valence-electron chi connectivity index (χ3n) is 2.26. The molecule has 3 nitrogen and oxygen atoms in total. The largest absolute Gasteiger partial charge is 0.383 e. The minimum absolute atomic E-state index is 0.145. The van der Waals surface area contributed by atoms with Gasteiger partial charge in [-0.05, 0) is 12.5 Å². The van der Waals surface area contributed by atoms with E-state index in [2.05, 4.69) is 0 Å². The average Bonchev–Trinajstić information content (AvgIpc) is 2.18. The summed E-state index contributed by atoms with van der Waals surface area (Å²) in [6.45, 7) is 2.28. The molecule has 1 rings (SSSR count). The van der Waals surface area contributed by atoms with Crippen molar-refractivity contribution in [1.29, 1.82) is 0 Å². The van der Waals surface area contributed by atoms with Crippen LogP contribution in [0.25, 0.3) is 0 Å². The molecule has 0 radical (unpaired) electrons. The molecule has 13 heavy (non-hydrogen) atoms. The van der Waals surface area contributed by atoms with E-state index in [0.717, 1.165) is 11.1 Å². The van der Waals surface area contributed by atoms with Crippen molar-refractivity contribution in [3.8, 4) is 0 Å². The summed E-state index contributed by atoms with van der Waals surface area (Å²) in [4.78, 5) is 0. The summed E-state index contributed by atoms with van der Waals surface area (Å²) in [5, 5.41) is 9.94. The van der Waals surface area contributed by atoms with Gasteiger partial charge in [0.15, 0.2) is 0 Å². The standard InChI is InChI=1S/C10H16N2O/c1-8-2-4-9(5-3-8)10(13,6-11)7-12/h2-5,13H,6-7,11-12H2,1H3. The van der Waals surface area contributed by atoms with Crippen molar-refractivity contribution in [2.24, 2.45) is 11.5 Å². The molecule has 0 unspecified atom stereocenters. The Morgan fingerprint density at radius 2 is 1.62 bits per heavy atom. The predicted molar refractivity (Wildman–Crippen MR) is 53.2 cm³/mol. The molecule has 0 amide bonds. The van der Waals surface area contributed by atoms with Gasteiger partial charge in [-0.2, -0.15) is 0 Å². The lowest BCUT2D eigenvalue weighted by atomic mass is 9.93. The Kier molecular flexibility index (Phi) is 3.03. The number of benzene rings is 1. The van der Waals surface area contributed by atoms with E-state index >= 15 is 0 Å². The van der Waals surface area contributed by atoms with Crippen LogP contribution in [-0.4, -0.2) is 18.2 Å². The van der Waals surface area contributed by atoms with Crippen LogP contribution in [0.3, 0.4) is 0 Å². The maximum atomic E-state index is 9.94. The second-order valence-electron chi connectivity index (χ2n) is 3.31. The summed E-state index contributed by atoms with van der Waals surface area (Å²) in [6, 6.07) is 7.58. The number of rotatable bonds is 3. The van der Waals surface area contributed by atoms with Gasteiger partial charge in [-0.3, -0.25) is 0 Å². The van der Waals surface area contributed by atoms with E-state index in [1.54, 1.807) is 0 Å². The molecule has 0 spiro atoms. The fraction of sp³-hybridized carbons (Fsp3) is 0.400. The van der Waals surface area contributed by atoms with Crippen LogP contribution in [0, 0.1) is 6.92 Å². The van der Waals surface area contributed by atoms with Gasteiger partial charge in [0.05, 0.1) is 0 Å². The first-order chi connectivity index (χ1) is 6.12. The molecule has 3 heteroatoms. The minimum atomic E-state index is -1.08. The van der Waals surface area contributed by atoms with Crippen molar-refractivity contribution < 1.29 is 5.11 Å². The van der Waals surface area contributed by atoms with Crippen molar-refractivity contribution in [2.45, 2.75) is 12.5 Å². The summed E-state index contributed by atoms with van der Waals surface area (Å²) in [6.07, 6.45) is 0. The van der Waals surface area contributed by atoms with Crippen LogP contribution in [0.2, 0.25) is 0 Å². The van der Waals surface area contributed by atoms with Gasteiger partial charge in [0.1, 0.15) is 5.60 Å². The number of hydrogen-bond acceptors (Lipinski definition) is 3. The number of aliphatic hydroxyl groups is 1. The molecule has 0 aromatic heterocycles. The van der Waals surface area contributed by atoms with Crippen molar-refractivity contribution in [1.82, 2.24) is 0 Å². The molecule has 0 saturated carbocycles. The molecule has 0 heterocycles. The number of nitrogens with two attached hydrogens (primary N) is 2. The van der Waals surface area contributed by atoms with Crippen molar-refractivity contribution >= 4 is 0 Å². The highest BCUT2D eigenvalue weighted by atomic mass is 16.3. The van der Waals surface area contributed by atoms with Gasteiger partial charge in [0.25, 0.3) is 0 Å².